The van der Waals surface area contributed by atoms with E-state index in [-0.39, 0.29) is 24.2 Å². The first-order valence-electron chi connectivity index (χ1n) is 12.4. The lowest BCUT2D eigenvalue weighted by atomic mass is 9.85. The third-order valence-corrected chi connectivity index (χ3v) is 7.36. The first-order chi connectivity index (χ1) is 16.0. The minimum Gasteiger partial charge on any atom is -0.330 e. The monoisotopic (exact) mass is 458 g/mol. The van der Waals surface area contributed by atoms with Crippen molar-refractivity contribution in [3.63, 3.8) is 0 Å². The number of halogens is 1. The maximum atomic E-state index is 14.5. The van der Waals surface area contributed by atoms with Crippen LogP contribution >= 0.6 is 0 Å². The number of carbonyl (C=O) groups excluding carboxylic acids is 3. The summed E-state index contributed by atoms with van der Waals surface area (Å²) >= 11 is 0. The summed E-state index contributed by atoms with van der Waals surface area (Å²) in [5.74, 6) is -1.25. The standard InChI is InChI=1S/C25H35FN4O3/c26-18-14-19(17-8-12-29(13-9-17)11-5-3-1-2-4-10-27)21-16-30(25(33)20(21)15-18)22-6-7-23(31)28-24(22)32/h14-15,17,22H,1-13,16,27H2,(H,28,31,32). The molecule has 0 spiro atoms. The van der Waals surface area contributed by atoms with Crippen LogP contribution in [0.5, 0.6) is 0 Å². The first kappa shape index (κ1) is 23.8. The van der Waals surface area contributed by atoms with Crippen LogP contribution < -0.4 is 11.1 Å². The second kappa shape index (κ2) is 10.7. The van der Waals surface area contributed by atoms with E-state index in [2.05, 4.69) is 10.2 Å². The molecule has 0 aromatic heterocycles. The van der Waals surface area contributed by atoms with Crippen LogP contribution in [-0.4, -0.2) is 59.7 Å². The lowest BCUT2D eigenvalue weighted by molar-refractivity contribution is -0.136. The molecule has 3 heterocycles. The molecule has 4 rings (SSSR count). The summed E-state index contributed by atoms with van der Waals surface area (Å²) < 4.78 is 14.5. The number of imide groups is 1. The lowest BCUT2D eigenvalue weighted by Gasteiger charge is -2.33. The Morgan fingerprint density at radius 2 is 1.73 bits per heavy atom. The molecule has 8 heteroatoms. The van der Waals surface area contributed by atoms with E-state index in [1.807, 2.05) is 0 Å². The van der Waals surface area contributed by atoms with Crippen LogP contribution in [0.2, 0.25) is 0 Å². The van der Waals surface area contributed by atoms with Crippen LogP contribution in [0.15, 0.2) is 12.1 Å². The smallest absolute Gasteiger partial charge is 0.255 e. The number of likely N-dealkylation sites (tertiary alicyclic amines) is 1. The van der Waals surface area contributed by atoms with Crippen molar-refractivity contribution in [2.45, 2.75) is 76.3 Å². The quantitative estimate of drug-likeness (QED) is 0.438. The Bertz CT molecular complexity index is 898. The zero-order valence-corrected chi connectivity index (χ0v) is 19.3. The number of unbranched alkanes of at least 4 members (excludes halogenated alkanes) is 4. The molecule has 1 unspecified atom stereocenters. The van der Waals surface area contributed by atoms with Gasteiger partial charge in [-0.1, -0.05) is 19.3 Å². The molecule has 1 aromatic rings. The van der Waals surface area contributed by atoms with E-state index in [9.17, 15) is 18.8 Å². The van der Waals surface area contributed by atoms with Crippen molar-refractivity contribution in [2.24, 2.45) is 5.73 Å². The van der Waals surface area contributed by atoms with Crippen LogP contribution in [-0.2, 0) is 16.1 Å². The number of nitrogens with one attached hydrogen (secondary N) is 1. The van der Waals surface area contributed by atoms with Gasteiger partial charge in [0, 0.05) is 18.5 Å². The number of amides is 3. The van der Waals surface area contributed by atoms with Gasteiger partial charge < -0.3 is 15.5 Å². The molecule has 7 nitrogen and oxygen atoms in total. The van der Waals surface area contributed by atoms with Crippen LogP contribution in [0.25, 0.3) is 0 Å². The Labute approximate surface area is 194 Å². The van der Waals surface area contributed by atoms with Gasteiger partial charge in [0.2, 0.25) is 11.8 Å². The number of piperidine rings is 2. The van der Waals surface area contributed by atoms with Gasteiger partial charge in [-0.05, 0) is 87.5 Å². The van der Waals surface area contributed by atoms with Gasteiger partial charge in [-0.25, -0.2) is 4.39 Å². The van der Waals surface area contributed by atoms with Crippen LogP contribution in [0.4, 0.5) is 4.39 Å². The number of rotatable bonds is 9. The molecule has 1 atom stereocenters. The van der Waals surface area contributed by atoms with Crippen LogP contribution in [0.3, 0.4) is 0 Å². The van der Waals surface area contributed by atoms with Gasteiger partial charge in [0.05, 0.1) is 0 Å². The number of benzene rings is 1. The summed E-state index contributed by atoms with van der Waals surface area (Å²) in [4.78, 5) is 40.9. The fraction of sp³-hybridized carbons (Fsp3) is 0.640. The highest BCUT2D eigenvalue weighted by Gasteiger charge is 2.41. The van der Waals surface area contributed by atoms with Gasteiger partial charge in [0.15, 0.2) is 0 Å². The van der Waals surface area contributed by atoms with Gasteiger partial charge >= 0.3 is 0 Å². The summed E-state index contributed by atoms with van der Waals surface area (Å²) in [5.41, 5.74) is 7.68. The largest absolute Gasteiger partial charge is 0.330 e. The maximum Gasteiger partial charge on any atom is 0.255 e. The number of nitrogens with two attached hydrogens (primary N) is 1. The van der Waals surface area contributed by atoms with E-state index in [1.165, 1.54) is 36.6 Å². The second-order valence-corrected chi connectivity index (χ2v) is 9.59. The number of hydrogen-bond acceptors (Lipinski definition) is 5. The molecule has 33 heavy (non-hydrogen) atoms. The molecule has 0 bridgehead atoms. The molecule has 3 aliphatic rings. The van der Waals surface area contributed by atoms with E-state index in [4.69, 9.17) is 5.73 Å². The van der Waals surface area contributed by atoms with Crippen molar-refractivity contribution in [3.8, 4) is 0 Å². The fourth-order valence-electron chi connectivity index (χ4n) is 5.50. The number of nitrogens with zero attached hydrogens (tertiary/aromatic N) is 2. The molecule has 0 aliphatic carbocycles. The van der Waals surface area contributed by atoms with Crippen molar-refractivity contribution in [3.05, 3.63) is 34.6 Å². The zero-order chi connectivity index (χ0) is 23.4. The zero-order valence-electron chi connectivity index (χ0n) is 19.3. The summed E-state index contributed by atoms with van der Waals surface area (Å²) in [6.07, 6.45) is 8.38. The normalized spacial score (nSPS) is 22.1. The lowest BCUT2D eigenvalue weighted by Crippen LogP contribution is -2.52. The minimum atomic E-state index is -0.676. The van der Waals surface area contributed by atoms with E-state index in [0.29, 0.717) is 18.5 Å². The highest BCUT2D eigenvalue weighted by molar-refractivity contribution is 6.05. The molecule has 0 saturated carbocycles. The number of carbonyl (C=O) groups is 3. The van der Waals surface area contributed by atoms with Crippen molar-refractivity contribution in [1.29, 1.82) is 0 Å². The Kier molecular flexibility index (Phi) is 7.75. The molecular weight excluding hydrogens is 423 g/mol. The average Bonchev–Trinajstić information content (AvgIpc) is 3.12. The Morgan fingerprint density at radius 3 is 2.45 bits per heavy atom. The van der Waals surface area contributed by atoms with Gasteiger partial charge in [-0.2, -0.15) is 0 Å². The van der Waals surface area contributed by atoms with Gasteiger partial charge in [0.25, 0.3) is 5.91 Å². The summed E-state index contributed by atoms with van der Waals surface area (Å²) in [6, 6.07) is 2.20. The molecule has 2 fully saturated rings. The Morgan fingerprint density at radius 1 is 1.00 bits per heavy atom. The SMILES string of the molecule is NCCCCCCCN1CCC(c2cc(F)cc3c2CN(C2CCC(=O)NC2=O)C3=O)CC1. The van der Waals surface area contributed by atoms with Gasteiger partial charge in [-0.3, -0.25) is 19.7 Å². The van der Waals surface area contributed by atoms with E-state index in [1.54, 1.807) is 6.07 Å². The summed E-state index contributed by atoms with van der Waals surface area (Å²) in [6.45, 7) is 4.12. The minimum absolute atomic E-state index is 0.212. The fourth-order valence-corrected chi connectivity index (χ4v) is 5.50. The maximum absolute atomic E-state index is 14.5. The molecule has 2 saturated heterocycles. The van der Waals surface area contributed by atoms with E-state index >= 15 is 0 Å². The van der Waals surface area contributed by atoms with Crippen molar-refractivity contribution >= 4 is 17.7 Å². The van der Waals surface area contributed by atoms with Crippen LogP contribution in [0.1, 0.15) is 85.2 Å². The molecule has 3 N–H and O–H groups in total. The predicted molar refractivity (Wildman–Crippen MR) is 123 cm³/mol. The molecule has 3 amide bonds. The molecule has 1 aromatic carbocycles. The third kappa shape index (κ3) is 5.44. The van der Waals surface area contributed by atoms with Crippen molar-refractivity contribution in [2.75, 3.05) is 26.2 Å². The number of hydrogen-bond donors (Lipinski definition) is 2. The molecule has 0 radical (unpaired) electrons. The highest BCUT2D eigenvalue weighted by atomic mass is 19.1. The Balaban J connectivity index is 1.37. The van der Waals surface area contributed by atoms with Gasteiger partial charge in [0.1, 0.15) is 11.9 Å². The summed E-state index contributed by atoms with van der Waals surface area (Å²) in [5, 5.41) is 2.32. The molecule has 3 aliphatic heterocycles. The van der Waals surface area contributed by atoms with E-state index in [0.717, 1.165) is 56.6 Å². The third-order valence-electron chi connectivity index (χ3n) is 7.36. The molecular formula is C25H35FN4O3. The second-order valence-electron chi connectivity index (χ2n) is 9.59. The van der Waals surface area contributed by atoms with Gasteiger partial charge in [-0.15, -0.1) is 0 Å². The van der Waals surface area contributed by atoms with E-state index < -0.39 is 17.8 Å². The summed E-state index contributed by atoms with van der Waals surface area (Å²) in [7, 11) is 0. The van der Waals surface area contributed by atoms with Crippen LogP contribution in [0, 0.1) is 5.82 Å². The topological polar surface area (TPSA) is 95.7 Å². The number of fused-ring (bicyclic) bond motifs is 1. The highest BCUT2D eigenvalue weighted by Crippen LogP contribution is 2.37. The predicted octanol–water partition coefficient (Wildman–Crippen LogP) is 2.68. The van der Waals surface area contributed by atoms with Crippen molar-refractivity contribution in [1.82, 2.24) is 15.1 Å². The Hall–Kier alpha value is -2.32. The molecule has 180 valence electrons. The average molecular weight is 459 g/mol. The first-order valence-corrected chi connectivity index (χ1v) is 12.4. The van der Waals surface area contributed by atoms with Crippen molar-refractivity contribution < 1.29 is 18.8 Å².